The number of rotatable bonds is 7. The van der Waals surface area contributed by atoms with Crippen molar-refractivity contribution < 1.29 is 18.0 Å². The topological polar surface area (TPSA) is 101 Å². The van der Waals surface area contributed by atoms with Crippen LogP contribution in [-0.4, -0.2) is 65.0 Å². The Morgan fingerprint density at radius 1 is 1.14 bits per heavy atom. The summed E-state index contributed by atoms with van der Waals surface area (Å²) in [4.78, 5) is 24.9. The molecule has 0 saturated carbocycles. The fourth-order valence-electron chi connectivity index (χ4n) is 3.64. The lowest BCUT2D eigenvalue weighted by molar-refractivity contribution is -0.147. The average molecular weight is 429 g/mol. The lowest BCUT2D eigenvalue weighted by Crippen LogP contribution is -2.46. The van der Waals surface area contributed by atoms with Crippen LogP contribution in [-0.2, 0) is 26.0 Å². The van der Waals surface area contributed by atoms with Crippen LogP contribution in [0.3, 0.4) is 0 Å². The molecule has 3 heterocycles. The highest BCUT2D eigenvalue weighted by Gasteiger charge is 2.33. The smallest absolute Gasteiger partial charge is 0.229 e. The lowest BCUT2D eigenvalue weighted by atomic mass is 10.0. The van der Waals surface area contributed by atoms with E-state index in [0.717, 1.165) is 34.2 Å². The summed E-state index contributed by atoms with van der Waals surface area (Å²) in [6, 6.07) is 0. The quantitative estimate of drug-likeness (QED) is 0.614. The second-order valence-electron chi connectivity index (χ2n) is 7.94. The van der Waals surface area contributed by atoms with Gasteiger partial charge in [-0.25, -0.2) is 12.7 Å². The van der Waals surface area contributed by atoms with Gasteiger partial charge in [-0.05, 0) is 25.2 Å². The SMILES string of the molecule is CC(C)Cc1nnc(C2CCCN(S(=O)(=O)CCN3C(=O)CCCC3=O)C2)s1. The molecule has 28 heavy (non-hydrogen) atoms. The van der Waals surface area contributed by atoms with Gasteiger partial charge in [0.1, 0.15) is 10.0 Å². The summed E-state index contributed by atoms with van der Waals surface area (Å²) in [7, 11) is -3.54. The monoisotopic (exact) mass is 428 g/mol. The van der Waals surface area contributed by atoms with Crippen LogP contribution in [0.4, 0.5) is 0 Å². The van der Waals surface area contributed by atoms with Crippen molar-refractivity contribution in [3.8, 4) is 0 Å². The van der Waals surface area contributed by atoms with Crippen molar-refractivity contribution in [1.82, 2.24) is 19.4 Å². The van der Waals surface area contributed by atoms with E-state index in [1.165, 1.54) is 4.31 Å². The molecule has 0 aromatic carbocycles. The Labute approximate surface area is 170 Å². The van der Waals surface area contributed by atoms with Crippen molar-refractivity contribution in [2.45, 2.75) is 58.3 Å². The van der Waals surface area contributed by atoms with Crippen molar-refractivity contribution in [2.75, 3.05) is 25.4 Å². The Bertz CT molecular complexity index is 805. The molecule has 0 N–H and O–H groups in total. The van der Waals surface area contributed by atoms with E-state index in [1.54, 1.807) is 11.3 Å². The molecule has 1 aromatic heterocycles. The van der Waals surface area contributed by atoms with E-state index in [-0.39, 0.29) is 30.0 Å². The molecule has 156 valence electrons. The zero-order valence-electron chi connectivity index (χ0n) is 16.5. The summed E-state index contributed by atoms with van der Waals surface area (Å²) < 4.78 is 27.1. The highest BCUT2D eigenvalue weighted by atomic mass is 32.2. The first-order valence-electron chi connectivity index (χ1n) is 9.89. The molecule has 3 rings (SSSR count). The fourth-order valence-corrected chi connectivity index (χ4v) is 6.31. The van der Waals surface area contributed by atoms with Gasteiger partial charge in [-0.3, -0.25) is 14.5 Å². The molecule has 0 bridgehead atoms. The summed E-state index contributed by atoms with van der Waals surface area (Å²) in [5.74, 6) is -0.195. The minimum Gasteiger partial charge on any atom is -0.282 e. The molecule has 2 aliphatic rings. The molecule has 10 heteroatoms. The summed E-state index contributed by atoms with van der Waals surface area (Å²) in [6.07, 6.45) is 3.72. The second kappa shape index (κ2) is 8.96. The molecule has 8 nitrogen and oxygen atoms in total. The second-order valence-corrected chi connectivity index (χ2v) is 11.1. The van der Waals surface area contributed by atoms with Crippen molar-refractivity contribution in [3.63, 3.8) is 0 Å². The molecule has 1 atom stereocenters. The van der Waals surface area contributed by atoms with Gasteiger partial charge in [0, 0.05) is 44.8 Å². The summed E-state index contributed by atoms with van der Waals surface area (Å²) in [5.41, 5.74) is 0. The first kappa shape index (κ1) is 21.3. The number of hydrogen-bond donors (Lipinski definition) is 0. The van der Waals surface area contributed by atoms with Gasteiger partial charge in [-0.15, -0.1) is 21.5 Å². The molecular weight excluding hydrogens is 400 g/mol. The van der Waals surface area contributed by atoms with E-state index < -0.39 is 10.0 Å². The maximum absolute atomic E-state index is 12.8. The third kappa shape index (κ3) is 5.15. The molecule has 1 unspecified atom stereocenters. The fraction of sp³-hybridized carbons (Fsp3) is 0.778. The zero-order valence-corrected chi connectivity index (χ0v) is 18.1. The molecule has 0 aliphatic carbocycles. The van der Waals surface area contributed by atoms with Crippen LogP contribution in [0.2, 0.25) is 0 Å². The molecule has 2 fully saturated rings. The molecule has 1 aromatic rings. The number of nitrogens with zero attached hydrogens (tertiary/aromatic N) is 4. The Morgan fingerprint density at radius 3 is 2.54 bits per heavy atom. The van der Waals surface area contributed by atoms with E-state index in [4.69, 9.17) is 0 Å². The van der Waals surface area contributed by atoms with Crippen LogP contribution >= 0.6 is 11.3 Å². The molecule has 2 saturated heterocycles. The molecule has 0 radical (unpaired) electrons. The van der Waals surface area contributed by atoms with E-state index in [9.17, 15) is 18.0 Å². The van der Waals surface area contributed by atoms with Crippen molar-refractivity contribution in [2.24, 2.45) is 5.92 Å². The minimum absolute atomic E-state index is 0.0557. The summed E-state index contributed by atoms with van der Waals surface area (Å²) in [5, 5.41) is 10.4. The number of carbonyl (C=O) groups is 2. The lowest BCUT2D eigenvalue weighted by Gasteiger charge is -2.32. The number of imide groups is 1. The van der Waals surface area contributed by atoms with Gasteiger partial charge in [0.25, 0.3) is 0 Å². The van der Waals surface area contributed by atoms with Crippen LogP contribution < -0.4 is 0 Å². The summed E-state index contributed by atoms with van der Waals surface area (Å²) in [6.45, 7) is 5.07. The van der Waals surface area contributed by atoms with Crippen LogP contribution in [0.5, 0.6) is 0 Å². The van der Waals surface area contributed by atoms with E-state index >= 15 is 0 Å². The predicted molar refractivity (Wildman–Crippen MR) is 106 cm³/mol. The molecule has 2 amide bonds. The maximum atomic E-state index is 12.8. The highest BCUT2D eigenvalue weighted by Crippen LogP contribution is 2.31. The van der Waals surface area contributed by atoms with Crippen LogP contribution in [0.1, 0.15) is 61.9 Å². The standard InChI is InChI=1S/C18H28N4O4S2/c1-13(2)11-15-19-20-18(27-15)14-5-4-8-21(12-14)28(25,26)10-9-22-16(23)6-3-7-17(22)24/h13-14H,3-12H2,1-2H3. The van der Waals surface area contributed by atoms with Crippen molar-refractivity contribution in [1.29, 1.82) is 0 Å². The first-order chi connectivity index (χ1) is 13.3. The minimum atomic E-state index is -3.54. The number of piperidine rings is 2. The Kier molecular flexibility index (Phi) is 6.82. The van der Waals surface area contributed by atoms with Gasteiger partial charge in [0.05, 0.1) is 5.75 Å². The summed E-state index contributed by atoms with van der Waals surface area (Å²) >= 11 is 1.58. The number of sulfonamides is 1. The van der Waals surface area contributed by atoms with Crippen molar-refractivity contribution >= 4 is 33.2 Å². The Balaban J connectivity index is 1.61. The van der Waals surface area contributed by atoms with Gasteiger partial charge in [0.15, 0.2) is 0 Å². The van der Waals surface area contributed by atoms with Crippen LogP contribution in [0.25, 0.3) is 0 Å². The van der Waals surface area contributed by atoms with Crippen LogP contribution in [0.15, 0.2) is 0 Å². The van der Waals surface area contributed by atoms with Gasteiger partial charge in [-0.1, -0.05) is 13.8 Å². The third-order valence-corrected chi connectivity index (χ3v) is 8.07. The van der Waals surface area contributed by atoms with Gasteiger partial charge in [0.2, 0.25) is 21.8 Å². The Hall–Kier alpha value is -1.39. The van der Waals surface area contributed by atoms with Crippen molar-refractivity contribution in [3.05, 3.63) is 10.0 Å². The normalized spacial score (nSPS) is 22.2. The predicted octanol–water partition coefficient (Wildman–Crippen LogP) is 1.78. The number of aromatic nitrogens is 2. The maximum Gasteiger partial charge on any atom is 0.229 e. The van der Waals surface area contributed by atoms with Crippen LogP contribution in [0, 0.1) is 5.92 Å². The van der Waals surface area contributed by atoms with Gasteiger partial charge < -0.3 is 0 Å². The average Bonchev–Trinajstić information content (AvgIpc) is 3.09. The van der Waals surface area contributed by atoms with E-state index in [1.807, 2.05) is 0 Å². The number of likely N-dealkylation sites (tertiary alicyclic amines) is 1. The third-order valence-electron chi connectivity index (χ3n) is 5.15. The van der Waals surface area contributed by atoms with E-state index in [2.05, 4.69) is 24.0 Å². The number of hydrogen-bond acceptors (Lipinski definition) is 7. The molecular formula is C18H28N4O4S2. The number of carbonyl (C=O) groups excluding carboxylic acids is 2. The van der Waals surface area contributed by atoms with Gasteiger partial charge >= 0.3 is 0 Å². The largest absolute Gasteiger partial charge is 0.282 e. The first-order valence-corrected chi connectivity index (χ1v) is 12.3. The van der Waals surface area contributed by atoms with Gasteiger partial charge in [-0.2, -0.15) is 0 Å². The highest BCUT2D eigenvalue weighted by molar-refractivity contribution is 7.89. The zero-order chi connectivity index (χ0) is 20.3. The molecule has 2 aliphatic heterocycles. The van der Waals surface area contributed by atoms with E-state index in [0.29, 0.717) is 38.3 Å². The molecule has 0 spiro atoms. The number of amides is 2. The Morgan fingerprint density at radius 2 is 1.86 bits per heavy atom.